The summed E-state index contributed by atoms with van der Waals surface area (Å²) in [5.74, 6) is 0.907. The van der Waals surface area contributed by atoms with Crippen LogP contribution in [-0.2, 0) is 4.79 Å². The van der Waals surface area contributed by atoms with Gasteiger partial charge in [-0.2, -0.15) is 0 Å². The van der Waals surface area contributed by atoms with Crippen molar-refractivity contribution in [2.45, 2.75) is 57.6 Å². The fraction of sp³-hybridized carbons (Fsp3) is 0.923. The zero-order valence-corrected chi connectivity index (χ0v) is 10.2. The van der Waals surface area contributed by atoms with E-state index in [4.69, 9.17) is 0 Å². The highest BCUT2D eigenvalue weighted by atomic mass is 16.3. The number of piperidine rings is 1. The van der Waals surface area contributed by atoms with Crippen molar-refractivity contribution in [2.75, 3.05) is 13.1 Å². The quantitative estimate of drug-likeness (QED) is 0.776. The minimum atomic E-state index is -0.171. The van der Waals surface area contributed by atoms with Gasteiger partial charge in [-0.15, -0.1) is 0 Å². The molecular formula is C13H23NO2. The van der Waals surface area contributed by atoms with Crippen LogP contribution in [0.3, 0.4) is 0 Å². The fourth-order valence-corrected chi connectivity index (χ4v) is 3.08. The molecular weight excluding hydrogens is 202 g/mol. The molecule has 0 radical (unpaired) electrons. The van der Waals surface area contributed by atoms with Gasteiger partial charge in [0.05, 0.1) is 6.10 Å². The van der Waals surface area contributed by atoms with Gasteiger partial charge in [-0.25, -0.2) is 0 Å². The van der Waals surface area contributed by atoms with Crippen molar-refractivity contribution in [3.05, 3.63) is 0 Å². The van der Waals surface area contributed by atoms with E-state index in [1.54, 1.807) is 0 Å². The third-order valence-electron chi connectivity index (χ3n) is 4.23. The van der Waals surface area contributed by atoms with Gasteiger partial charge in [0.15, 0.2) is 0 Å². The second-order valence-electron chi connectivity index (χ2n) is 5.40. The van der Waals surface area contributed by atoms with Gasteiger partial charge >= 0.3 is 0 Å². The molecule has 0 aromatic heterocycles. The lowest BCUT2D eigenvalue weighted by Gasteiger charge is -2.39. The van der Waals surface area contributed by atoms with Crippen LogP contribution in [0.25, 0.3) is 0 Å². The average Bonchev–Trinajstić information content (AvgIpc) is 2.29. The number of ketones is 1. The Labute approximate surface area is 97.8 Å². The number of rotatable bonds is 2. The van der Waals surface area contributed by atoms with Crippen molar-refractivity contribution in [1.29, 1.82) is 0 Å². The molecule has 2 aliphatic rings. The smallest absolute Gasteiger partial charge is 0.134 e. The van der Waals surface area contributed by atoms with E-state index in [1.807, 2.05) is 6.92 Å². The second kappa shape index (κ2) is 5.28. The minimum Gasteiger partial charge on any atom is -0.393 e. The Bertz CT molecular complexity index is 244. The topological polar surface area (TPSA) is 40.5 Å². The lowest BCUT2D eigenvalue weighted by molar-refractivity contribution is -0.122. The molecule has 3 heteroatoms. The monoisotopic (exact) mass is 225 g/mol. The van der Waals surface area contributed by atoms with E-state index in [0.717, 1.165) is 45.2 Å². The predicted octanol–water partition coefficient (Wildman–Crippen LogP) is 1.59. The number of aliphatic hydroxyl groups is 1. The van der Waals surface area contributed by atoms with Crippen LogP contribution in [0.5, 0.6) is 0 Å². The molecule has 3 nitrogen and oxygen atoms in total. The van der Waals surface area contributed by atoms with Crippen molar-refractivity contribution in [3.8, 4) is 0 Å². The Hall–Kier alpha value is -0.410. The van der Waals surface area contributed by atoms with Crippen LogP contribution in [0.15, 0.2) is 0 Å². The first-order valence-electron chi connectivity index (χ1n) is 6.60. The van der Waals surface area contributed by atoms with Crippen LogP contribution in [0, 0.1) is 5.92 Å². The molecule has 2 fully saturated rings. The Morgan fingerprint density at radius 2 is 2.00 bits per heavy atom. The summed E-state index contributed by atoms with van der Waals surface area (Å²) in [7, 11) is 0. The third-order valence-corrected chi connectivity index (χ3v) is 4.23. The minimum absolute atomic E-state index is 0.171. The zero-order chi connectivity index (χ0) is 11.5. The van der Waals surface area contributed by atoms with Crippen molar-refractivity contribution < 1.29 is 9.90 Å². The lowest BCUT2D eigenvalue weighted by Crippen LogP contribution is -2.45. The highest BCUT2D eigenvalue weighted by Gasteiger charge is 2.29. The Kier molecular flexibility index (Phi) is 3.98. The molecule has 92 valence electrons. The summed E-state index contributed by atoms with van der Waals surface area (Å²) < 4.78 is 0. The average molecular weight is 225 g/mol. The van der Waals surface area contributed by atoms with Crippen LogP contribution in [0.2, 0.25) is 0 Å². The van der Waals surface area contributed by atoms with E-state index >= 15 is 0 Å². The maximum atomic E-state index is 11.4. The number of carbonyl (C=O) groups excluding carboxylic acids is 1. The summed E-state index contributed by atoms with van der Waals surface area (Å²) in [4.78, 5) is 13.9. The first-order chi connectivity index (χ1) is 7.66. The van der Waals surface area contributed by atoms with Gasteiger partial charge in [0, 0.05) is 18.9 Å². The number of hydrogen-bond donors (Lipinski definition) is 1. The summed E-state index contributed by atoms with van der Waals surface area (Å²) in [6, 6.07) is 0.496. The van der Waals surface area contributed by atoms with Gasteiger partial charge < -0.3 is 5.11 Å². The molecule has 0 spiro atoms. The molecule has 1 heterocycles. The van der Waals surface area contributed by atoms with Crippen LogP contribution >= 0.6 is 0 Å². The first kappa shape index (κ1) is 12.1. The highest BCUT2D eigenvalue weighted by molar-refractivity contribution is 5.79. The van der Waals surface area contributed by atoms with Crippen LogP contribution in [-0.4, -0.2) is 41.0 Å². The van der Waals surface area contributed by atoms with Gasteiger partial charge in [0.25, 0.3) is 0 Å². The molecule has 0 aromatic carbocycles. The standard InChI is InChI=1S/C13H23NO2/c1-10(15)11-5-7-14(8-6-11)12-3-2-4-13(16)9-12/h10-12,15H,2-9H2,1H3. The molecule has 0 aromatic rings. The zero-order valence-electron chi connectivity index (χ0n) is 10.2. The molecule has 0 amide bonds. The molecule has 1 saturated heterocycles. The van der Waals surface area contributed by atoms with Gasteiger partial charge in [0.1, 0.15) is 5.78 Å². The number of hydrogen-bond acceptors (Lipinski definition) is 3. The van der Waals surface area contributed by atoms with Crippen LogP contribution in [0.4, 0.5) is 0 Å². The SMILES string of the molecule is CC(O)C1CCN(C2CCCC(=O)C2)CC1. The summed E-state index contributed by atoms with van der Waals surface area (Å²) in [6.07, 6.45) is 5.81. The number of Topliss-reactive ketones (excluding diaryl/α,β-unsaturated/α-hetero) is 1. The molecule has 16 heavy (non-hydrogen) atoms. The summed E-state index contributed by atoms with van der Waals surface area (Å²) in [5.41, 5.74) is 0. The van der Waals surface area contributed by atoms with Gasteiger partial charge in [-0.05, 0) is 51.6 Å². The van der Waals surface area contributed by atoms with E-state index in [9.17, 15) is 9.90 Å². The molecule has 1 N–H and O–H groups in total. The van der Waals surface area contributed by atoms with Crippen LogP contribution in [0.1, 0.15) is 45.4 Å². The van der Waals surface area contributed by atoms with E-state index in [1.165, 1.54) is 6.42 Å². The molecule has 2 atom stereocenters. The largest absolute Gasteiger partial charge is 0.393 e. The Balaban J connectivity index is 1.82. The fourth-order valence-electron chi connectivity index (χ4n) is 3.08. The van der Waals surface area contributed by atoms with Crippen molar-refractivity contribution >= 4 is 5.78 Å². The number of nitrogens with zero attached hydrogens (tertiary/aromatic N) is 1. The molecule has 2 rings (SSSR count). The van der Waals surface area contributed by atoms with Crippen LogP contribution < -0.4 is 0 Å². The maximum absolute atomic E-state index is 11.4. The number of aliphatic hydroxyl groups excluding tert-OH is 1. The van der Waals surface area contributed by atoms with Gasteiger partial charge in [0.2, 0.25) is 0 Å². The summed E-state index contributed by atoms with van der Waals surface area (Å²) in [6.45, 7) is 4.02. The third kappa shape index (κ3) is 2.83. The van der Waals surface area contributed by atoms with Gasteiger partial charge in [-0.1, -0.05) is 0 Å². The van der Waals surface area contributed by atoms with E-state index in [-0.39, 0.29) is 6.10 Å². The van der Waals surface area contributed by atoms with E-state index in [2.05, 4.69) is 4.90 Å². The molecule has 1 aliphatic heterocycles. The summed E-state index contributed by atoms with van der Waals surface area (Å²) in [5, 5.41) is 9.54. The Morgan fingerprint density at radius 3 is 2.56 bits per heavy atom. The Morgan fingerprint density at radius 1 is 1.31 bits per heavy atom. The van der Waals surface area contributed by atoms with Crippen molar-refractivity contribution in [2.24, 2.45) is 5.92 Å². The number of likely N-dealkylation sites (tertiary alicyclic amines) is 1. The van der Waals surface area contributed by atoms with Gasteiger partial charge in [-0.3, -0.25) is 9.69 Å². The summed E-state index contributed by atoms with van der Waals surface area (Å²) >= 11 is 0. The molecule has 1 saturated carbocycles. The van der Waals surface area contributed by atoms with Crippen molar-refractivity contribution in [1.82, 2.24) is 4.90 Å². The lowest BCUT2D eigenvalue weighted by atomic mass is 9.88. The predicted molar refractivity (Wildman–Crippen MR) is 63.2 cm³/mol. The van der Waals surface area contributed by atoms with E-state index in [0.29, 0.717) is 17.7 Å². The normalized spacial score (nSPS) is 31.6. The number of carbonyl (C=O) groups is 1. The maximum Gasteiger partial charge on any atom is 0.134 e. The molecule has 1 aliphatic carbocycles. The molecule has 0 bridgehead atoms. The molecule has 2 unspecified atom stereocenters. The van der Waals surface area contributed by atoms with E-state index < -0.39 is 0 Å². The second-order valence-corrected chi connectivity index (χ2v) is 5.40. The highest BCUT2D eigenvalue weighted by Crippen LogP contribution is 2.27. The van der Waals surface area contributed by atoms with Crippen molar-refractivity contribution in [3.63, 3.8) is 0 Å². The first-order valence-corrected chi connectivity index (χ1v) is 6.60.